The molecular weight excluding hydrogens is 222 g/mol. The molecule has 1 N–H and O–H groups in total. The minimum atomic E-state index is -0.894. The number of aliphatic carboxylic acids is 1. The zero-order valence-electron chi connectivity index (χ0n) is 10.3. The third kappa shape index (κ3) is 2.16. The number of carboxylic acids is 1. The van der Waals surface area contributed by atoms with Gasteiger partial charge in [-0.05, 0) is 25.7 Å². The molecule has 96 valence electrons. The fourth-order valence-corrected chi connectivity index (χ4v) is 2.84. The number of ether oxygens (including phenoxy) is 1. The molecule has 4 atom stereocenters. The molecule has 0 bridgehead atoms. The summed E-state index contributed by atoms with van der Waals surface area (Å²) < 4.78 is 5.37. The number of amides is 1. The molecule has 0 aromatic rings. The number of nitrogens with zero attached hydrogens (tertiary/aromatic N) is 1. The first-order chi connectivity index (χ1) is 8.02. The highest BCUT2D eigenvalue weighted by molar-refractivity contribution is 5.86. The molecule has 0 aromatic carbocycles. The van der Waals surface area contributed by atoms with E-state index in [4.69, 9.17) is 4.74 Å². The van der Waals surface area contributed by atoms with Crippen LogP contribution in [0.3, 0.4) is 0 Å². The molecule has 0 radical (unpaired) electrons. The van der Waals surface area contributed by atoms with Gasteiger partial charge in [-0.3, -0.25) is 4.79 Å². The Hall–Kier alpha value is -1.10. The van der Waals surface area contributed by atoms with Crippen LogP contribution >= 0.6 is 0 Å². The highest BCUT2D eigenvalue weighted by Crippen LogP contribution is 2.30. The fraction of sp³-hybridized carbons (Fsp3) is 0.833. The number of carbonyl (C=O) groups is 2. The lowest BCUT2D eigenvalue weighted by atomic mass is 9.99. The third-order valence-corrected chi connectivity index (χ3v) is 3.93. The van der Waals surface area contributed by atoms with Crippen LogP contribution in [-0.2, 0) is 14.3 Å². The van der Waals surface area contributed by atoms with E-state index in [9.17, 15) is 14.7 Å². The largest absolute Gasteiger partial charge is 0.480 e. The molecular formula is C12H19NO4. The summed E-state index contributed by atoms with van der Waals surface area (Å²) in [6, 6.07) is -0.657. The molecule has 2 rings (SSSR count). The van der Waals surface area contributed by atoms with Crippen molar-refractivity contribution in [2.24, 2.45) is 11.8 Å². The van der Waals surface area contributed by atoms with Crippen molar-refractivity contribution in [1.29, 1.82) is 0 Å². The van der Waals surface area contributed by atoms with E-state index in [0.717, 1.165) is 6.42 Å². The minimum absolute atomic E-state index is 0.0362. The van der Waals surface area contributed by atoms with E-state index < -0.39 is 12.0 Å². The van der Waals surface area contributed by atoms with E-state index in [2.05, 4.69) is 0 Å². The summed E-state index contributed by atoms with van der Waals surface area (Å²) in [4.78, 5) is 25.0. The monoisotopic (exact) mass is 241 g/mol. The predicted octanol–water partition coefficient (Wildman–Crippen LogP) is 0.733. The molecule has 0 aliphatic carbocycles. The summed E-state index contributed by atoms with van der Waals surface area (Å²) in [5.41, 5.74) is 0. The van der Waals surface area contributed by atoms with Crippen molar-refractivity contribution in [1.82, 2.24) is 4.90 Å². The summed E-state index contributed by atoms with van der Waals surface area (Å²) in [6.07, 6.45) is 1.38. The van der Waals surface area contributed by atoms with Crippen LogP contribution in [0.5, 0.6) is 0 Å². The Morgan fingerprint density at radius 2 is 2.00 bits per heavy atom. The summed E-state index contributed by atoms with van der Waals surface area (Å²) in [5, 5.41) is 9.19. The van der Waals surface area contributed by atoms with E-state index in [1.165, 1.54) is 4.90 Å². The molecule has 0 spiro atoms. The fourth-order valence-electron chi connectivity index (χ4n) is 2.84. The van der Waals surface area contributed by atoms with Gasteiger partial charge in [-0.25, -0.2) is 4.79 Å². The normalized spacial score (nSPS) is 37.4. The first kappa shape index (κ1) is 12.4. The first-order valence-corrected chi connectivity index (χ1v) is 6.17. The lowest BCUT2D eigenvalue weighted by molar-refractivity contribution is -0.151. The SMILES string of the molecule is CC1CCN(C(=O)C2CCOC2C)C1C(=O)O. The van der Waals surface area contributed by atoms with E-state index in [1.54, 1.807) is 0 Å². The summed E-state index contributed by atoms with van der Waals surface area (Å²) in [6.45, 7) is 4.92. The number of hydrogen-bond acceptors (Lipinski definition) is 3. The maximum Gasteiger partial charge on any atom is 0.326 e. The van der Waals surface area contributed by atoms with Crippen molar-refractivity contribution in [3.63, 3.8) is 0 Å². The Balaban J connectivity index is 2.11. The molecule has 5 heteroatoms. The first-order valence-electron chi connectivity index (χ1n) is 6.17. The van der Waals surface area contributed by atoms with Gasteiger partial charge in [-0.15, -0.1) is 0 Å². The third-order valence-electron chi connectivity index (χ3n) is 3.93. The molecule has 5 nitrogen and oxygen atoms in total. The van der Waals surface area contributed by atoms with Gasteiger partial charge in [0.2, 0.25) is 5.91 Å². The zero-order chi connectivity index (χ0) is 12.6. The molecule has 2 aliphatic heterocycles. The molecule has 17 heavy (non-hydrogen) atoms. The van der Waals surface area contributed by atoms with Crippen LogP contribution < -0.4 is 0 Å². The molecule has 0 aromatic heterocycles. The van der Waals surface area contributed by atoms with Crippen molar-refractivity contribution in [3.8, 4) is 0 Å². The van der Waals surface area contributed by atoms with Gasteiger partial charge in [0.05, 0.1) is 12.0 Å². The van der Waals surface area contributed by atoms with Crippen molar-refractivity contribution >= 4 is 11.9 Å². The molecule has 2 fully saturated rings. The van der Waals surface area contributed by atoms with Crippen molar-refractivity contribution in [2.45, 2.75) is 38.8 Å². The predicted molar refractivity (Wildman–Crippen MR) is 60.4 cm³/mol. The van der Waals surface area contributed by atoms with Crippen LogP contribution in [0.1, 0.15) is 26.7 Å². The van der Waals surface area contributed by atoms with Crippen LogP contribution in [-0.4, -0.2) is 47.2 Å². The highest BCUT2D eigenvalue weighted by Gasteiger charge is 2.43. The van der Waals surface area contributed by atoms with Crippen LogP contribution in [0, 0.1) is 11.8 Å². The van der Waals surface area contributed by atoms with Crippen LogP contribution in [0.4, 0.5) is 0 Å². The van der Waals surface area contributed by atoms with Gasteiger partial charge < -0.3 is 14.7 Å². The van der Waals surface area contributed by atoms with Gasteiger partial charge in [-0.2, -0.15) is 0 Å². The Kier molecular flexibility index (Phi) is 3.38. The van der Waals surface area contributed by atoms with Gasteiger partial charge in [0.15, 0.2) is 0 Å². The number of hydrogen-bond donors (Lipinski definition) is 1. The highest BCUT2D eigenvalue weighted by atomic mass is 16.5. The number of carboxylic acid groups (broad SMARTS) is 1. The van der Waals surface area contributed by atoms with Crippen LogP contribution in [0.25, 0.3) is 0 Å². The van der Waals surface area contributed by atoms with Gasteiger partial charge in [0, 0.05) is 13.2 Å². The molecule has 2 saturated heterocycles. The number of rotatable bonds is 2. The molecule has 1 amide bonds. The van der Waals surface area contributed by atoms with Crippen molar-refractivity contribution in [2.75, 3.05) is 13.2 Å². The van der Waals surface area contributed by atoms with Gasteiger partial charge in [0.1, 0.15) is 6.04 Å². The summed E-state index contributed by atoms with van der Waals surface area (Å²) in [5.74, 6) is -1.07. The zero-order valence-corrected chi connectivity index (χ0v) is 10.3. The van der Waals surface area contributed by atoms with Crippen molar-refractivity contribution in [3.05, 3.63) is 0 Å². The Morgan fingerprint density at radius 3 is 2.53 bits per heavy atom. The summed E-state index contributed by atoms with van der Waals surface area (Å²) in [7, 11) is 0. The maximum absolute atomic E-state index is 12.3. The Bertz CT molecular complexity index is 330. The molecule has 4 unspecified atom stereocenters. The average molecular weight is 241 g/mol. The lowest BCUT2D eigenvalue weighted by Gasteiger charge is -2.27. The van der Waals surface area contributed by atoms with Gasteiger partial charge in [0.25, 0.3) is 0 Å². The topological polar surface area (TPSA) is 66.8 Å². The Morgan fingerprint density at radius 1 is 1.29 bits per heavy atom. The van der Waals surface area contributed by atoms with Crippen molar-refractivity contribution < 1.29 is 19.4 Å². The summed E-state index contributed by atoms with van der Waals surface area (Å²) >= 11 is 0. The quantitative estimate of drug-likeness (QED) is 0.774. The van der Waals surface area contributed by atoms with E-state index >= 15 is 0 Å². The maximum atomic E-state index is 12.3. The van der Waals surface area contributed by atoms with Crippen LogP contribution in [0.2, 0.25) is 0 Å². The molecule has 2 heterocycles. The smallest absolute Gasteiger partial charge is 0.326 e. The number of carbonyl (C=O) groups excluding carboxylic acids is 1. The Labute approximate surface area is 101 Å². The minimum Gasteiger partial charge on any atom is -0.480 e. The lowest BCUT2D eigenvalue weighted by Crippen LogP contribution is -2.46. The number of likely N-dealkylation sites (tertiary alicyclic amines) is 1. The standard InChI is InChI=1S/C12H19NO4/c1-7-3-5-13(10(7)12(15)16)11(14)9-4-6-17-8(9)2/h7-10H,3-6H2,1-2H3,(H,15,16). The molecule has 0 saturated carbocycles. The second-order valence-electron chi connectivity index (χ2n) is 5.05. The second-order valence-corrected chi connectivity index (χ2v) is 5.05. The van der Waals surface area contributed by atoms with Gasteiger partial charge in [-0.1, -0.05) is 6.92 Å². The van der Waals surface area contributed by atoms with E-state index in [1.807, 2.05) is 13.8 Å². The van der Waals surface area contributed by atoms with E-state index in [-0.39, 0.29) is 23.8 Å². The average Bonchev–Trinajstić information content (AvgIpc) is 2.83. The van der Waals surface area contributed by atoms with Crippen LogP contribution in [0.15, 0.2) is 0 Å². The van der Waals surface area contributed by atoms with Gasteiger partial charge >= 0.3 is 5.97 Å². The second kappa shape index (κ2) is 4.64. The molecule has 2 aliphatic rings. The van der Waals surface area contributed by atoms with E-state index in [0.29, 0.717) is 19.6 Å².